The maximum atomic E-state index is 11.4. The van der Waals surface area contributed by atoms with Crippen molar-refractivity contribution in [3.05, 3.63) is 0 Å². The number of hydrogen-bond donors (Lipinski definition) is 0. The minimum Gasteiger partial charge on any atom is -0.380 e. The summed E-state index contributed by atoms with van der Waals surface area (Å²) in [5.74, 6) is 0.143. The number of ketones is 1. The van der Waals surface area contributed by atoms with Gasteiger partial charge in [-0.3, -0.25) is 9.59 Å². The van der Waals surface area contributed by atoms with E-state index in [4.69, 9.17) is 4.74 Å². The number of piperidine rings is 1. The molecular formula is C8H11NO3. The van der Waals surface area contributed by atoms with Gasteiger partial charge in [0.2, 0.25) is 6.41 Å². The standard InChI is InChI=1S/C8H11NO3/c10-5-9-1-6-3-12-4-7(2-9)8(6)11/h5-7H,1-4H2. The van der Waals surface area contributed by atoms with Crippen LogP contribution in [0.4, 0.5) is 0 Å². The summed E-state index contributed by atoms with van der Waals surface area (Å²) in [4.78, 5) is 23.6. The highest BCUT2D eigenvalue weighted by atomic mass is 16.5. The van der Waals surface area contributed by atoms with Crippen LogP contribution in [0.25, 0.3) is 0 Å². The highest BCUT2D eigenvalue weighted by Crippen LogP contribution is 2.22. The maximum absolute atomic E-state index is 11.4. The molecule has 2 bridgehead atoms. The fourth-order valence-electron chi connectivity index (χ4n) is 1.86. The third-order valence-electron chi connectivity index (χ3n) is 2.50. The predicted octanol–water partition coefficient (Wildman–Crippen LogP) is -0.710. The largest absolute Gasteiger partial charge is 0.380 e. The Kier molecular flexibility index (Phi) is 1.84. The molecule has 2 atom stereocenters. The first-order valence-corrected chi connectivity index (χ1v) is 4.12. The molecule has 0 aromatic carbocycles. The van der Waals surface area contributed by atoms with Crippen LogP contribution >= 0.6 is 0 Å². The predicted molar refractivity (Wildman–Crippen MR) is 40.4 cm³/mol. The van der Waals surface area contributed by atoms with Gasteiger partial charge in [-0.15, -0.1) is 0 Å². The highest BCUT2D eigenvalue weighted by Gasteiger charge is 2.38. The van der Waals surface area contributed by atoms with Crippen molar-refractivity contribution in [1.82, 2.24) is 4.90 Å². The molecule has 0 aromatic rings. The molecule has 4 nitrogen and oxygen atoms in total. The molecule has 2 fully saturated rings. The SMILES string of the molecule is O=CN1CC2COCC(C1)C2=O. The van der Waals surface area contributed by atoms with Gasteiger partial charge >= 0.3 is 0 Å². The minimum atomic E-state index is -0.0669. The summed E-state index contributed by atoms with van der Waals surface area (Å²) in [5.41, 5.74) is 0. The van der Waals surface area contributed by atoms with Crippen LogP contribution in [0, 0.1) is 11.8 Å². The quantitative estimate of drug-likeness (QED) is 0.487. The van der Waals surface area contributed by atoms with Gasteiger partial charge in [-0.1, -0.05) is 0 Å². The van der Waals surface area contributed by atoms with Crippen molar-refractivity contribution >= 4 is 12.2 Å². The number of fused-ring (bicyclic) bond motifs is 2. The van der Waals surface area contributed by atoms with Gasteiger partial charge in [0.1, 0.15) is 5.78 Å². The van der Waals surface area contributed by atoms with Crippen molar-refractivity contribution < 1.29 is 14.3 Å². The molecule has 2 saturated heterocycles. The van der Waals surface area contributed by atoms with E-state index in [0.29, 0.717) is 26.3 Å². The molecule has 0 N–H and O–H groups in total. The molecule has 1 amide bonds. The molecule has 4 heteroatoms. The minimum absolute atomic E-state index is 0.0669. The smallest absolute Gasteiger partial charge is 0.209 e. The number of carbonyl (C=O) groups excluding carboxylic acids is 2. The lowest BCUT2D eigenvalue weighted by Crippen LogP contribution is -2.52. The van der Waals surface area contributed by atoms with Gasteiger partial charge in [0.25, 0.3) is 0 Å². The maximum Gasteiger partial charge on any atom is 0.209 e. The second kappa shape index (κ2) is 2.86. The van der Waals surface area contributed by atoms with E-state index in [9.17, 15) is 9.59 Å². The molecule has 12 heavy (non-hydrogen) atoms. The fraction of sp³-hybridized carbons (Fsp3) is 0.750. The molecule has 0 saturated carbocycles. The zero-order valence-electron chi connectivity index (χ0n) is 6.73. The molecule has 2 rings (SSSR count). The number of carbonyl (C=O) groups is 2. The molecule has 0 radical (unpaired) electrons. The second-order valence-electron chi connectivity index (χ2n) is 3.39. The van der Waals surface area contributed by atoms with Crippen molar-refractivity contribution in [2.75, 3.05) is 26.3 Å². The average molecular weight is 169 g/mol. The van der Waals surface area contributed by atoms with E-state index in [2.05, 4.69) is 0 Å². The Balaban J connectivity index is 2.12. The number of hydrogen-bond acceptors (Lipinski definition) is 3. The highest BCUT2D eigenvalue weighted by molar-refractivity contribution is 5.86. The monoisotopic (exact) mass is 169 g/mol. The molecule has 2 heterocycles. The number of Topliss-reactive ketones (excluding diaryl/α,β-unsaturated/α-hetero) is 1. The summed E-state index contributed by atoms with van der Waals surface area (Å²) in [6.45, 7) is 2.05. The van der Waals surface area contributed by atoms with E-state index in [1.54, 1.807) is 4.90 Å². The summed E-state index contributed by atoms with van der Waals surface area (Å²) in [6.07, 6.45) is 0.817. The summed E-state index contributed by atoms with van der Waals surface area (Å²) in [6, 6.07) is 0. The fourth-order valence-corrected chi connectivity index (χ4v) is 1.86. The molecule has 2 aliphatic heterocycles. The third-order valence-corrected chi connectivity index (χ3v) is 2.50. The topological polar surface area (TPSA) is 46.6 Å². The number of nitrogens with zero attached hydrogens (tertiary/aromatic N) is 1. The average Bonchev–Trinajstić information content (AvgIpc) is 2.04. The number of ether oxygens (including phenoxy) is 1. The zero-order chi connectivity index (χ0) is 8.55. The van der Waals surface area contributed by atoms with Gasteiger partial charge in [-0.25, -0.2) is 0 Å². The Morgan fingerprint density at radius 1 is 1.33 bits per heavy atom. The first-order valence-electron chi connectivity index (χ1n) is 4.12. The van der Waals surface area contributed by atoms with E-state index in [1.165, 1.54) is 0 Å². The van der Waals surface area contributed by atoms with Crippen LogP contribution in [0.5, 0.6) is 0 Å². The van der Waals surface area contributed by atoms with Crippen LogP contribution in [0.1, 0.15) is 0 Å². The van der Waals surface area contributed by atoms with Gasteiger partial charge in [-0.05, 0) is 0 Å². The van der Waals surface area contributed by atoms with Crippen LogP contribution in [-0.2, 0) is 14.3 Å². The van der Waals surface area contributed by atoms with E-state index in [-0.39, 0.29) is 17.6 Å². The van der Waals surface area contributed by atoms with Gasteiger partial charge in [0, 0.05) is 13.1 Å². The summed E-state index contributed by atoms with van der Waals surface area (Å²) in [7, 11) is 0. The normalized spacial score (nSPS) is 35.0. The number of rotatable bonds is 1. The molecular weight excluding hydrogens is 158 g/mol. The lowest BCUT2D eigenvalue weighted by Gasteiger charge is -2.37. The molecule has 0 spiro atoms. The van der Waals surface area contributed by atoms with Gasteiger partial charge in [-0.2, -0.15) is 0 Å². The molecule has 2 aliphatic rings. The van der Waals surface area contributed by atoms with Crippen LogP contribution in [0.2, 0.25) is 0 Å². The first kappa shape index (κ1) is 7.73. The molecule has 0 aliphatic carbocycles. The van der Waals surface area contributed by atoms with Crippen molar-refractivity contribution in [3.8, 4) is 0 Å². The number of likely N-dealkylation sites (tertiary alicyclic amines) is 1. The Morgan fingerprint density at radius 3 is 2.42 bits per heavy atom. The Hall–Kier alpha value is -0.900. The first-order chi connectivity index (χ1) is 5.81. The van der Waals surface area contributed by atoms with Crippen molar-refractivity contribution in [2.24, 2.45) is 11.8 Å². The summed E-state index contributed by atoms with van der Waals surface area (Å²) in [5, 5.41) is 0. The van der Waals surface area contributed by atoms with Crippen molar-refractivity contribution in [3.63, 3.8) is 0 Å². The van der Waals surface area contributed by atoms with Crippen LogP contribution in [0.3, 0.4) is 0 Å². The van der Waals surface area contributed by atoms with Gasteiger partial charge in [0.15, 0.2) is 0 Å². The van der Waals surface area contributed by atoms with Crippen LogP contribution in [-0.4, -0.2) is 43.4 Å². The van der Waals surface area contributed by atoms with E-state index in [0.717, 1.165) is 6.41 Å². The van der Waals surface area contributed by atoms with Crippen molar-refractivity contribution in [1.29, 1.82) is 0 Å². The van der Waals surface area contributed by atoms with E-state index in [1.807, 2.05) is 0 Å². The van der Waals surface area contributed by atoms with Crippen LogP contribution < -0.4 is 0 Å². The zero-order valence-corrected chi connectivity index (χ0v) is 6.73. The Labute approximate surface area is 70.5 Å². The van der Waals surface area contributed by atoms with Crippen LogP contribution in [0.15, 0.2) is 0 Å². The van der Waals surface area contributed by atoms with E-state index < -0.39 is 0 Å². The lowest BCUT2D eigenvalue weighted by molar-refractivity contribution is -0.147. The lowest BCUT2D eigenvalue weighted by atomic mass is 9.87. The summed E-state index contributed by atoms with van der Waals surface area (Å²) >= 11 is 0. The Bertz CT molecular complexity index is 200. The molecule has 66 valence electrons. The Morgan fingerprint density at radius 2 is 1.92 bits per heavy atom. The molecule has 0 aromatic heterocycles. The third kappa shape index (κ3) is 1.12. The second-order valence-corrected chi connectivity index (χ2v) is 3.39. The van der Waals surface area contributed by atoms with E-state index >= 15 is 0 Å². The molecule has 2 unspecified atom stereocenters. The van der Waals surface area contributed by atoms with Gasteiger partial charge < -0.3 is 9.64 Å². The summed E-state index contributed by atoms with van der Waals surface area (Å²) < 4.78 is 5.24. The number of amides is 1. The van der Waals surface area contributed by atoms with Gasteiger partial charge in [0.05, 0.1) is 25.0 Å². The van der Waals surface area contributed by atoms with Crippen molar-refractivity contribution in [2.45, 2.75) is 0 Å².